The summed E-state index contributed by atoms with van der Waals surface area (Å²) in [5.74, 6) is -0.792. The van der Waals surface area contributed by atoms with E-state index in [1.54, 1.807) is 11.8 Å². The van der Waals surface area contributed by atoms with Crippen molar-refractivity contribution in [1.82, 2.24) is 10.2 Å². The van der Waals surface area contributed by atoms with Gasteiger partial charge in [-0.3, -0.25) is 19.3 Å². The molecule has 21 heavy (non-hydrogen) atoms. The highest BCUT2D eigenvalue weighted by molar-refractivity contribution is 5.79. The summed E-state index contributed by atoms with van der Waals surface area (Å²) >= 11 is 0. The molecular weight excluding hydrogens is 276 g/mol. The molecule has 0 aromatic rings. The van der Waals surface area contributed by atoms with Crippen LogP contribution >= 0.6 is 0 Å². The van der Waals surface area contributed by atoms with Crippen molar-refractivity contribution in [3.05, 3.63) is 0 Å². The van der Waals surface area contributed by atoms with Crippen molar-refractivity contribution in [2.45, 2.75) is 33.1 Å². The van der Waals surface area contributed by atoms with Crippen molar-refractivity contribution >= 4 is 17.8 Å². The minimum atomic E-state index is -0.362. The molecule has 0 aromatic carbocycles. The highest BCUT2D eigenvalue weighted by Gasteiger charge is 2.13. The molecule has 0 rings (SSSR count). The number of ether oxygens (including phenoxy) is 2. The van der Waals surface area contributed by atoms with Crippen LogP contribution in [0.15, 0.2) is 0 Å². The third-order valence-electron chi connectivity index (χ3n) is 2.67. The van der Waals surface area contributed by atoms with E-state index in [1.807, 2.05) is 6.92 Å². The normalized spacial score (nSPS) is 10.3. The van der Waals surface area contributed by atoms with Crippen molar-refractivity contribution in [1.29, 1.82) is 0 Å². The molecule has 0 spiro atoms. The summed E-state index contributed by atoms with van der Waals surface area (Å²) in [6, 6.07) is 0. The van der Waals surface area contributed by atoms with Gasteiger partial charge >= 0.3 is 11.9 Å². The lowest BCUT2D eigenvalue weighted by Crippen LogP contribution is -2.40. The van der Waals surface area contributed by atoms with Crippen molar-refractivity contribution in [3.63, 3.8) is 0 Å². The summed E-state index contributed by atoms with van der Waals surface area (Å²) in [5.41, 5.74) is 0. The number of hydrogen-bond acceptors (Lipinski definition) is 6. The van der Waals surface area contributed by atoms with E-state index in [1.165, 1.54) is 7.11 Å². The fraction of sp³-hybridized carbons (Fsp3) is 0.786. The molecule has 122 valence electrons. The number of carbonyl (C=O) groups is 3. The molecule has 1 N–H and O–H groups in total. The van der Waals surface area contributed by atoms with Crippen molar-refractivity contribution in [2.75, 3.05) is 39.9 Å². The van der Waals surface area contributed by atoms with Gasteiger partial charge in [-0.05, 0) is 26.3 Å². The SMILES string of the molecule is CCCN(CC(=O)NCCCC(=O)OCC)CC(=O)OC. The molecule has 1 amide bonds. The van der Waals surface area contributed by atoms with Crippen LogP contribution in [0.2, 0.25) is 0 Å². The van der Waals surface area contributed by atoms with Gasteiger partial charge in [0, 0.05) is 13.0 Å². The molecule has 0 saturated carbocycles. The Morgan fingerprint density at radius 3 is 2.38 bits per heavy atom. The Balaban J connectivity index is 3.92. The lowest BCUT2D eigenvalue weighted by Gasteiger charge is -2.19. The molecule has 7 heteroatoms. The highest BCUT2D eigenvalue weighted by Crippen LogP contribution is 1.94. The van der Waals surface area contributed by atoms with Gasteiger partial charge in [0.1, 0.15) is 0 Å². The molecule has 0 aromatic heterocycles. The van der Waals surface area contributed by atoms with Gasteiger partial charge in [0.05, 0.1) is 26.8 Å². The first-order valence-electron chi connectivity index (χ1n) is 7.24. The van der Waals surface area contributed by atoms with Crippen molar-refractivity contribution < 1.29 is 23.9 Å². The third kappa shape index (κ3) is 10.8. The molecule has 0 bridgehead atoms. The fourth-order valence-corrected chi connectivity index (χ4v) is 1.73. The second-order valence-corrected chi connectivity index (χ2v) is 4.55. The van der Waals surface area contributed by atoms with Gasteiger partial charge in [0.2, 0.25) is 5.91 Å². The molecule has 0 fully saturated rings. The van der Waals surface area contributed by atoms with Gasteiger partial charge in [-0.25, -0.2) is 0 Å². The van der Waals surface area contributed by atoms with Gasteiger partial charge in [0.15, 0.2) is 0 Å². The number of rotatable bonds is 11. The smallest absolute Gasteiger partial charge is 0.319 e. The highest BCUT2D eigenvalue weighted by atomic mass is 16.5. The zero-order valence-electron chi connectivity index (χ0n) is 13.1. The molecule has 0 aliphatic rings. The van der Waals surface area contributed by atoms with Gasteiger partial charge in [-0.15, -0.1) is 0 Å². The van der Waals surface area contributed by atoms with Gasteiger partial charge in [0.25, 0.3) is 0 Å². The van der Waals surface area contributed by atoms with Crippen LogP contribution in [0.3, 0.4) is 0 Å². The Bertz CT molecular complexity index is 333. The summed E-state index contributed by atoms with van der Waals surface area (Å²) in [5, 5.41) is 2.72. The largest absolute Gasteiger partial charge is 0.468 e. The van der Waals surface area contributed by atoms with Gasteiger partial charge in [-0.1, -0.05) is 6.92 Å². The number of hydrogen-bond donors (Lipinski definition) is 1. The molecule has 0 aliphatic heterocycles. The maximum Gasteiger partial charge on any atom is 0.319 e. The number of esters is 2. The first-order chi connectivity index (χ1) is 10.0. The predicted molar refractivity (Wildman–Crippen MR) is 77.6 cm³/mol. The lowest BCUT2D eigenvalue weighted by molar-refractivity contribution is -0.144. The first kappa shape index (κ1) is 19.4. The van der Waals surface area contributed by atoms with Crippen LogP contribution in [0.4, 0.5) is 0 Å². The van der Waals surface area contributed by atoms with Crippen LogP contribution < -0.4 is 5.32 Å². The molecule has 0 radical (unpaired) electrons. The van der Waals surface area contributed by atoms with E-state index in [4.69, 9.17) is 4.74 Å². The zero-order valence-corrected chi connectivity index (χ0v) is 13.1. The summed E-state index contributed by atoms with van der Waals surface area (Å²) in [4.78, 5) is 35.8. The van der Waals surface area contributed by atoms with Crippen LogP contribution in [0.25, 0.3) is 0 Å². The predicted octanol–water partition coefficient (Wildman–Crippen LogP) is 0.331. The molecular formula is C14H26N2O5. The van der Waals surface area contributed by atoms with E-state index in [-0.39, 0.29) is 37.4 Å². The second-order valence-electron chi connectivity index (χ2n) is 4.55. The maximum absolute atomic E-state index is 11.7. The zero-order chi connectivity index (χ0) is 16.1. The average Bonchev–Trinajstić information content (AvgIpc) is 2.44. The van der Waals surface area contributed by atoms with E-state index < -0.39 is 0 Å². The number of carbonyl (C=O) groups excluding carboxylic acids is 3. The quantitative estimate of drug-likeness (QED) is 0.437. The van der Waals surface area contributed by atoms with E-state index in [0.29, 0.717) is 26.1 Å². The summed E-state index contributed by atoms with van der Waals surface area (Å²) in [7, 11) is 1.32. The van der Waals surface area contributed by atoms with E-state index in [0.717, 1.165) is 6.42 Å². The monoisotopic (exact) mass is 302 g/mol. The van der Waals surface area contributed by atoms with Crippen LogP contribution in [0.5, 0.6) is 0 Å². The maximum atomic E-state index is 11.7. The van der Waals surface area contributed by atoms with Crippen molar-refractivity contribution in [2.24, 2.45) is 0 Å². The number of nitrogens with zero attached hydrogens (tertiary/aromatic N) is 1. The molecule has 0 atom stereocenters. The Kier molecular flexibility index (Phi) is 11.2. The Hall–Kier alpha value is -1.63. The molecule has 0 heterocycles. The second kappa shape index (κ2) is 12.1. The van der Waals surface area contributed by atoms with Crippen LogP contribution in [0, 0.1) is 0 Å². The van der Waals surface area contributed by atoms with Crippen molar-refractivity contribution in [3.8, 4) is 0 Å². The van der Waals surface area contributed by atoms with E-state index >= 15 is 0 Å². The van der Waals surface area contributed by atoms with Crippen LogP contribution in [0.1, 0.15) is 33.1 Å². The Labute approximate surface area is 126 Å². The first-order valence-corrected chi connectivity index (χ1v) is 7.24. The Morgan fingerprint density at radius 2 is 1.81 bits per heavy atom. The fourth-order valence-electron chi connectivity index (χ4n) is 1.73. The topological polar surface area (TPSA) is 84.9 Å². The summed E-state index contributed by atoms with van der Waals surface area (Å²) < 4.78 is 9.38. The molecule has 0 unspecified atom stereocenters. The Morgan fingerprint density at radius 1 is 1.10 bits per heavy atom. The number of nitrogens with one attached hydrogen (secondary N) is 1. The van der Waals surface area contributed by atoms with Gasteiger partial charge < -0.3 is 14.8 Å². The lowest BCUT2D eigenvalue weighted by atomic mass is 10.3. The minimum absolute atomic E-state index is 0.0978. The van der Waals surface area contributed by atoms with Crippen LogP contribution in [-0.4, -0.2) is 62.6 Å². The molecule has 0 saturated heterocycles. The minimum Gasteiger partial charge on any atom is -0.468 e. The average molecular weight is 302 g/mol. The standard InChI is InChI=1S/C14H26N2O5/c1-4-9-16(11-14(19)20-3)10-12(17)15-8-6-7-13(18)21-5-2/h4-11H2,1-3H3,(H,15,17). The number of methoxy groups -OCH3 is 1. The third-order valence-corrected chi connectivity index (χ3v) is 2.67. The summed E-state index contributed by atoms with van der Waals surface area (Å²) in [6.45, 7) is 5.39. The molecule has 7 nitrogen and oxygen atoms in total. The molecule has 0 aliphatic carbocycles. The summed E-state index contributed by atoms with van der Waals surface area (Å²) in [6.07, 6.45) is 1.66. The van der Waals surface area contributed by atoms with E-state index in [9.17, 15) is 14.4 Å². The van der Waals surface area contributed by atoms with Gasteiger partial charge in [-0.2, -0.15) is 0 Å². The van der Waals surface area contributed by atoms with Crippen LogP contribution in [-0.2, 0) is 23.9 Å². The number of amides is 1. The van der Waals surface area contributed by atoms with E-state index in [2.05, 4.69) is 10.1 Å².